The van der Waals surface area contributed by atoms with E-state index < -0.39 is 82.4 Å². The molecular formula is C20H24Cl3NO12. The zero-order valence-corrected chi connectivity index (χ0v) is 22.0. The Morgan fingerprint density at radius 2 is 1.56 bits per heavy atom. The van der Waals surface area contributed by atoms with Crippen LogP contribution in [-0.2, 0) is 57.2 Å². The summed E-state index contributed by atoms with van der Waals surface area (Å²) >= 11 is 16.9. The van der Waals surface area contributed by atoms with Crippen molar-refractivity contribution in [3.8, 4) is 0 Å². The first-order valence-electron chi connectivity index (χ1n) is 10.1. The number of hydrogen-bond acceptors (Lipinski definition) is 12. The number of alkyl halides is 3. The topological polar surface area (TPSA) is 170 Å². The quantitative estimate of drug-likeness (QED) is 0.231. The lowest BCUT2D eigenvalue weighted by atomic mass is 9.93. The number of carbonyl (C=O) groups is 6. The largest absolute Gasteiger partial charge is 0.475 e. The van der Waals surface area contributed by atoms with Crippen molar-refractivity contribution >= 4 is 70.6 Å². The molecule has 0 aromatic carbocycles. The second-order valence-electron chi connectivity index (χ2n) is 7.20. The van der Waals surface area contributed by atoms with Gasteiger partial charge in [-0.1, -0.05) is 34.8 Å². The Hall–Kier alpha value is -2.77. The Morgan fingerprint density at radius 3 is 2.00 bits per heavy atom. The van der Waals surface area contributed by atoms with E-state index in [9.17, 15) is 28.8 Å². The Kier molecular flexibility index (Phi) is 11.7. The van der Waals surface area contributed by atoms with Gasteiger partial charge in [0, 0.05) is 27.7 Å². The van der Waals surface area contributed by atoms with E-state index in [0.717, 1.165) is 40.9 Å². The fourth-order valence-electron chi connectivity index (χ4n) is 3.03. The van der Waals surface area contributed by atoms with Crippen LogP contribution in [0.3, 0.4) is 0 Å². The van der Waals surface area contributed by atoms with Crippen LogP contribution in [-0.4, -0.2) is 83.7 Å². The molecule has 36 heavy (non-hydrogen) atoms. The first-order valence-corrected chi connectivity index (χ1v) is 11.2. The summed E-state index contributed by atoms with van der Waals surface area (Å²) in [5, 5.41) is 2.28. The van der Waals surface area contributed by atoms with Gasteiger partial charge in [0.05, 0.1) is 13.2 Å². The van der Waals surface area contributed by atoms with E-state index in [1.807, 2.05) is 0 Å². The van der Waals surface area contributed by atoms with Crippen LogP contribution < -0.4 is 5.32 Å². The lowest BCUT2D eigenvalue weighted by molar-refractivity contribution is -0.200. The Labute approximate surface area is 220 Å². The second kappa shape index (κ2) is 13.5. The summed E-state index contributed by atoms with van der Waals surface area (Å²) in [5.41, 5.74) is 0. The molecule has 0 spiro atoms. The molecular weight excluding hydrogens is 553 g/mol. The minimum atomic E-state index is -2.46. The predicted octanol–water partition coefficient (Wildman–Crippen LogP) is 0.655. The molecule has 202 valence electrons. The molecule has 5 atom stereocenters. The minimum Gasteiger partial charge on any atom is -0.475 e. The molecule has 1 aliphatic heterocycles. The molecule has 0 radical (unpaired) electrons. The molecule has 1 aliphatic rings. The van der Waals surface area contributed by atoms with Crippen LogP contribution >= 0.6 is 34.8 Å². The maximum absolute atomic E-state index is 12.4. The van der Waals surface area contributed by atoms with Crippen molar-refractivity contribution < 1.29 is 57.2 Å². The molecule has 0 aromatic heterocycles. The molecule has 0 fully saturated rings. The average molecular weight is 577 g/mol. The zero-order valence-electron chi connectivity index (χ0n) is 19.7. The third-order valence-corrected chi connectivity index (χ3v) is 4.79. The van der Waals surface area contributed by atoms with Crippen LogP contribution in [0.2, 0.25) is 0 Å². The van der Waals surface area contributed by atoms with Gasteiger partial charge in [0.25, 0.3) is 9.70 Å². The van der Waals surface area contributed by atoms with Crippen molar-refractivity contribution in [2.24, 2.45) is 0 Å². The smallest absolute Gasteiger partial charge is 0.373 e. The number of amides is 1. The molecule has 0 saturated heterocycles. The van der Waals surface area contributed by atoms with Gasteiger partial charge in [-0.25, -0.2) is 4.79 Å². The first kappa shape index (κ1) is 31.3. The lowest BCUT2D eigenvalue weighted by Gasteiger charge is -2.41. The number of methoxy groups -OCH3 is 1. The molecule has 1 rings (SSSR count). The summed E-state index contributed by atoms with van der Waals surface area (Å²) in [6.45, 7) is 3.51. The maximum Gasteiger partial charge on any atom is 0.373 e. The molecule has 1 heterocycles. The van der Waals surface area contributed by atoms with E-state index in [4.69, 9.17) is 58.5 Å². The van der Waals surface area contributed by atoms with Crippen molar-refractivity contribution in [1.29, 1.82) is 0 Å². The molecule has 1 N–H and O–H groups in total. The summed E-state index contributed by atoms with van der Waals surface area (Å²) in [6.07, 6.45) is -5.35. The van der Waals surface area contributed by atoms with Gasteiger partial charge in [-0.15, -0.1) is 0 Å². The van der Waals surface area contributed by atoms with Crippen molar-refractivity contribution in [3.63, 3.8) is 0 Å². The highest BCUT2D eigenvalue weighted by molar-refractivity contribution is 6.76. The average Bonchev–Trinajstić information content (AvgIpc) is 2.74. The van der Waals surface area contributed by atoms with Gasteiger partial charge in [-0.05, 0) is 6.08 Å². The van der Waals surface area contributed by atoms with E-state index >= 15 is 0 Å². The summed E-state index contributed by atoms with van der Waals surface area (Å²) in [4.78, 5) is 71.7. The number of esters is 5. The van der Waals surface area contributed by atoms with Crippen LogP contribution in [0.5, 0.6) is 0 Å². The van der Waals surface area contributed by atoms with E-state index in [1.54, 1.807) is 0 Å². The van der Waals surface area contributed by atoms with E-state index in [-0.39, 0.29) is 0 Å². The predicted molar refractivity (Wildman–Crippen MR) is 120 cm³/mol. The van der Waals surface area contributed by atoms with Gasteiger partial charge in [0.2, 0.25) is 5.76 Å². The fourth-order valence-corrected chi connectivity index (χ4v) is 3.19. The number of rotatable bonds is 9. The fraction of sp³-hybridized carbons (Fsp3) is 0.600. The van der Waals surface area contributed by atoms with Crippen molar-refractivity contribution in [2.75, 3.05) is 13.7 Å². The standard InChI is InChI=1S/C20H24Cl3NO12/c1-8(25)32-7-14(33-9(2)26)16(35-11(4)28)17-15(34-10(3)27)12(24-19(30)20(21,22)23)6-13(36-17)18(29)31-5/h6,12,14-17H,7H2,1-5H3,(H,24,30)/t12-,14+,15+,16+,17+/m0/s1. The molecule has 0 unspecified atom stereocenters. The molecule has 1 amide bonds. The van der Waals surface area contributed by atoms with E-state index in [2.05, 4.69) is 10.1 Å². The Morgan fingerprint density at radius 1 is 0.972 bits per heavy atom. The monoisotopic (exact) mass is 575 g/mol. The van der Waals surface area contributed by atoms with Crippen LogP contribution in [0.4, 0.5) is 0 Å². The second-order valence-corrected chi connectivity index (χ2v) is 9.48. The Bertz CT molecular complexity index is 916. The summed E-state index contributed by atoms with van der Waals surface area (Å²) in [5.74, 6) is -6.17. The summed E-state index contributed by atoms with van der Waals surface area (Å²) < 4.78 is 28.5. The number of halogens is 3. The van der Waals surface area contributed by atoms with Gasteiger partial charge in [-0.2, -0.15) is 0 Å². The minimum absolute atomic E-state index is 0.522. The molecule has 0 aliphatic carbocycles. The van der Waals surface area contributed by atoms with Crippen molar-refractivity contribution in [1.82, 2.24) is 5.32 Å². The molecule has 16 heteroatoms. The van der Waals surface area contributed by atoms with Crippen LogP contribution in [0.1, 0.15) is 27.7 Å². The third kappa shape index (κ3) is 9.70. The summed E-state index contributed by atoms with van der Waals surface area (Å²) in [7, 11) is 1.03. The van der Waals surface area contributed by atoms with Crippen LogP contribution in [0.25, 0.3) is 0 Å². The lowest BCUT2D eigenvalue weighted by Crippen LogP contribution is -2.61. The number of hydrogen-bond donors (Lipinski definition) is 1. The summed E-state index contributed by atoms with van der Waals surface area (Å²) in [6, 6.07) is -1.41. The highest BCUT2D eigenvalue weighted by atomic mass is 35.6. The van der Waals surface area contributed by atoms with E-state index in [1.165, 1.54) is 0 Å². The van der Waals surface area contributed by atoms with Crippen LogP contribution in [0.15, 0.2) is 11.8 Å². The maximum atomic E-state index is 12.4. The van der Waals surface area contributed by atoms with Gasteiger partial charge < -0.3 is 33.7 Å². The molecule has 0 saturated carbocycles. The number of carbonyl (C=O) groups excluding carboxylic acids is 6. The van der Waals surface area contributed by atoms with Gasteiger partial charge in [0.1, 0.15) is 6.61 Å². The zero-order chi connectivity index (χ0) is 27.8. The first-order chi connectivity index (χ1) is 16.6. The molecule has 0 aromatic rings. The molecule has 13 nitrogen and oxygen atoms in total. The van der Waals surface area contributed by atoms with Gasteiger partial charge >= 0.3 is 29.8 Å². The van der Waals surface area contributed by atoms with Crippen LogP contribution in [0, 0.1) is 0 Å². The Balaban J connectivity index is 3.67. The number of nitrogens with one attached hydrogen (secondary N) is 1. The molecule has 0 bridgehead atoms. The number of ether oxygens (including phenoxy) is 6. The van der Waals surface area contributed by atoms with E-state index in [0.29, 0.717) is 0 Å². The third-order valence-electron chi connectivity index (χ3n) is 4.28. The van der Waals surface area contributed by atoms with Gasteiger partial charge in [0.15, 0.2) is 24.4 Å². The highest BCUT2D eigenvalue weighted by Gasteiger charge is 2.50. The highest BCUT2D eigenvalue weighted by Crippen LogP contribution is 2.31. The van der Waals surface area contributed by atoms with Crippen molar-refractivity contribution in [3.05, 3.63) is 11.8 Å². The normalized spacial score (nSPS) is 20.9. The van der Waals surface area contributed by atoms with Crippen molar-refractivity contribution in [2.45, 2.75) is 61.9 Å². The SMILES string of the molecule is COC(=O)C1=C[C@H](NC(=O)C(Cl)(Cl)Cl)[C@@H](OC(C)=O)[C@H]([C@H](OC(C)=O)[C@@H](COC(C)=O)OC(C)=O)O1. The van der Waals surface area contributed by atoms with Gasteiger partial charge in [-0.3, -0.25) is 24.0 Å².